The van der Waals surface area contributed by atoms with Gasteiger partial charge in [0.05, 0.1) is 66.6 Å². The maximum absolute atomic E-state index is 5.58. The Balaban J connectivity index is 0.682. The number of aromatic nitrogens is 8. The van der Waals surface area contributed by atoms with Gasteiger partial charge in [-0.1, -0.05) is 224 Å². The highest BCUT2D eigenvalue weighted by Crippen LogP contribution is 2.51. The molecular formula is C96H54N8. The van der Waals surface area contributed by atoms with Gasteiger partial charge in [0.1, 0.15) is 0 Å². The Bertz CT molecular complexity index is 7600. The number of para-hydroxylation sites is 3. The molecule has 16 aromatic carbocycles. The van der Waals surface area contributed by atoms with Crippen molar-refractivity contribution in [3.05, 3.63) is 328 Å². The molecule has 0 fully saturated rings. The van der Waals surface area contributed by atoms with E-state index in [1.807, 2.05) is 0 Å². The molecule has 24 rings (SSSR count). The molecule has 0 unspecified atom stereocenters. The Labute approximate surface area is 594 Å². The smallest absolute Gasteiger partial charge is 0.235 e. The van der Waals surface area contributed by atoms with Crippen LogP contribution < -0.4 is 0 Å². The van der Waals surface area contributed by atoms with Gasteiger partial charge in [0.2, 0.25) is 11.9 Å². The summed E-state index contributed by atoms with van der Waals surface area (Å²) < 4.78 is 9.44. The van der Waals surface area contributed by atoms with Crippen LogP contribution in [-0.2, 0) is 0 Å². The van der Waals surface area contributed by atoms with Gasteiger partial charge in [0.15, 0.2) is 0 Å². The summed E-state index contributed by atoms with van der Waals surface area (Å²) in [6.45, 7) is 0. The highest BCUT2D eigenvalue weighted by atomic mass is 15.2. The van der Waals surface area contributed by atoms with Gasteiger partial charge >= 0.3 is 0 Å². The Kier molecular flexibility index (Phi) is 11.1. The topological polar surface area (TPSA) is 71.3 Å². The van der Waals surface area contributed by atoms with Crippen molar-refractivity contribution in [2.45, 2.75) is 0 Å². The third-order valence-electron chi connectivity index (χ3n) is 22.7. The van der Waals surface area contributed by atoms with E-state index >= 15 is 0 Å². The summed E-state index contributed by atoms with van der Waals surface area (Å²) in [6, 6.07) is 120. The van der Waals surface area contributed by atoms with E-state index in [2.05, 4.69) is 346 Å². The predicted molar refractivity (Wildman–Crippen MR) is 430 cm³/mol. The SMILES string of the molecule is c1ccc(-n2c3ccccc3c3cc(-c4ccc5c(c4)c4c6cccc(-c7ccc8c9cc(-c%10ccc%11c(c%10)c%10ccc%12ccccc%12c%10n%11-c%10nc%11c%12c(cccc%12n%10)-c%10ccccc%10-%11)ccc9n(-c9ccccc9)c8c7)c6ccc4n5-c4nc5c6c(cccc6n4)-c4ccccc4-5)ccc32)cc1. The number of hydrogen-bond donors (Lipinski definition) is 0. The predicted octanol–water partition coefficient (Wildman–Crippen LogP) is 24.6. The average molecular weight is 1320 g/mol. The van der Waals surface area contributed by atoms with E-state index in [4.69, 9.17) is 19.9 Å². The lowest BCUT2D eigenvalue weighted by molar-refractivity contribution is 1.02. The van der Waals surface area contributed by atoms with Crippen molar-refractivity contribution in [1.82, 2.24) is 38.2 Å². The lowest BCUT2D eigenvalue weighted by Crippen LogP contribution is -2.03. The zero-order valence-corrected chi connectivity index (χ0v) is 55.8. The fourth-order valence-corrected chi connectivity index (χ4v) is 18.2. The summed E-state index contributed by atoms with van der Waals surface area (Å²) in [5, 5.41) is 16.2. The van der Waals surface area contributed by atoms with Crippen LogP contribution in [0.2, 0.25) is 0 Å². The monoisotopic (exact) mass is 1320 g/mol. The molecule has 6 aromatic heterocycles. The second kappa shape index (κ2) is 20.8. The van der Waals surface area contributed by atoms with Crippen molar-refractivity contribution < 1.29 is 0 Å². The highest BCUT2D eigenvalue weighted by molar-refractivity contribution is 6.25. The van der Waals surface area contributed by atoms with Gasteiger partial charge < -0.3 is 9.13 Å². The first kappa shape index (κ1) is 55.8. The zero-order valence-electron chi connectivity index (χ0n) is 55.8. The second-order valence-electron chi connectivity index (χ2n) is 28.0. The number of benzene rings is 16. The Morgan fingerprint density at radius 1 is 0.192 bits per heavy atom. The first-order valence-electron chi connectivity index (χ1n) is 35.6. The van der Waals surface area contributed by atoms with Crippen LogP contribution >= 0.6 is 0 Å². The molecule has 104 heavy (non-hydrogen) atoms. The number of fused-ring (bicyclic) bond motifs is 22. The van der Waals surface area contributed by atoms with Crippen LogP contribution in [0.15, 0.2) is 328 Å². The fourth-order valence-electron chi connectivity index (χ4n) is 18.2. The molecule has 22 aromatic rings. The molecule has 0 saturated carbocycles. The Hall–Kier alpha value is -14.1. The lowest BCUT2D eigenvalue weighted by Gasteiger charge is -2.12. The van der Waals surface area contributed by atoms with Crippen LogP contribution in [0.4, 0.5) is 0 Å². The van der Waals surface area contributed by atoms with Gasteiger partial charge in [0, 0.05) is 81.8 Å². The lowest BCUT2D eigenvalue weighted by atomic mass is 9.94. The molecule has 2 aliphatic rings. The average Bonchev–Trinajstić information content (AvgIpc) is 1.56. The first-order valence-corrected chi connectivity index (χ1v) is 35.6. The molecule has 0 aliphatic heterocycles. The summed E-state index contributed by atoms with van der Waals surface area (Å²) in [5.41, 5.74) is 28.8. The molecule has 0 atom stereocenters. The van der Waals surface area contributed by atoms with E-state index in [1.54, 1.807) is 0 Å². The summed E-state index contributed by atoms with van der Waals surface area (Å²) in [4.78, 5) is 22.0. The first-order chi connectivity index (χ1) is 51.6. The quantitative estimate of drug-likeness (QED) is 0.159. The van der Waals surface area contributed by atoms with Crippen LogP contribution in [-0.4, -0.2) is 38.2 Å². The Morgan fingerprint density at radius 2 is 0.615 bits per heavy atom. The second-order valence-corrected chi connectivity index (χ2v) is 28.0. The molecule has 0 spiro atoms. The van der Waals surface area contributed by atoms with E-state index in [9.17, 15) is 0 Å². The van der Waals surface area contributed by atoms with E-state index in [1.165, 1.54) is 60.2 Å². The van der Waals surface area contributed by atoms with Crippen LogP contribution in [0.3, 0.4) is 0 Å². The van der Waals surface area contributed by atoms with Crippen LogP contribution in [0.5, 0.6) is 0 Å². The maximum Gasteiger partial charge on any atom is 0.235 e. The molecule has 8 nitrogen and oxygen atoms in total. The van der Waals surface area contributed by atoms with Gasteiger partial charge in [-0.3, -0.25) is 9.13 Å². The molecule has 0 N–H and O–H groups in total. The van der Waals surface area contributed by atoms with Crippen molar-refractivity contribution in [2.75, 3.05) is 0 Å². The van der Waals surface area contributed by atoms with Crippen molar-refractivity contribution >= 4 is 131 Å². The largest absolute Gasteiger partial charge is 0.309 e. The molecular weight excluding hydrogens is 1270 g/mol. The van der Waals surface area contributed by atoms with E-state index < -0.39 is 0 Å². The molecule has 0 amide bonds. The summed E-state index contributed by atoms with van der Waals surface area (Å²) in [7, 11) is 0. The van der Waals surface area contributed by atoms with Gasteiger partial charge in [-0.05, 0) is 175 Å². The molecule has 0 saturated heterocycles. The van der Waals surface area contributed by atoms with E-state index in [0.29, 0.717) is 11.9 Å². The zero-order chi connectivity index (χ0) is 67.6. The van der Waals surface area contributed by atoms with Crippen LogP contribution in [0, 0.1) is 0 Å². The van der Waals surface area contributed by atoms with Gasteiger partial charge in [-0.25, -0.2) is 19.9 Å². The van der Waals surface area contributed by atoms with E-state index in [0.717, 1.165) is 160 Å². The van der Waals surface area contributed by atoms with Crippen LogP contribution in [0.25, 0.3) is 232 Å². The summed E-state index contributed by atoms with van der Waals surface area (Å²) >= 11 is 0. The van der Waals surface area contributed by atoms with Gasteiger partial charge in [0.25, 0.3) is 0 Å². The number of nitrogens with zero attached hydrogens (tertiary/aromatic N) is 8. The number of rotatable bonds is 7. The van der Waals surface area contributed by atoms with Gasteiger partial charge in [-0.15, -0.1) is 0 Å². The van der Waals surface area contributed by atoms with Crippen LogP contribution in [0.1, 0.15) is 0 Å². The third-order valence-corrected chi connectivity index (χ3v) is 22.7. The summed E-state index contributed by atoms with van der Waals surface area (Å²) in [5.74, 6) is 1.31. The summed E-state index contributed by atoms with van der Waals surface area (Å²) in [6.07, 6.45) is 0. The Morgan fingerprint density at radius 3 is 1.25 bits per heavy atom. The van der Waals surface area contributed by atoms with Gasteiger partial charge in [-0.2, -0.15) is 0 Å². The molecule has 0 bridgehead atoms. The van der Waals surface area contributed by atoms with Crippen molar-refractivity contribution in [1.29, 1.82) is 0 Å². The molecule has 2 aliphatic carbocycles. The minimum atomic E-state index is 0.648. The highest BCUT2D eigenvalue weighted by Gasteiger charge is 2.30. The van der Waals surface area contributed by atoms with Crippen molar-refractivity contribution in [3.63, 3.8) is 0 Å². The fraction of sp³-hybridized carbons (Fsp3) is 0. The minimum Gasteiger partial charge on any atom is -0.309 e. The molecule has 6 heterocycles. The van der Waals surface area contributed by atoms with Crippen molar-refractivity contribution in [2.24, 2.45) is 0 Å². The van der Waals surface area contributed by atoms with Crippen molar-refractivity contribution in [3.8, 4) is 101 Å². The third kappa shape index (κ3) is 7.64. The maximum atomic E-state index is 5.58. The molecule has 478 valence electrons. The number of hydrogen-bond acceptors (Lipinski definition) is 4. The minimum absolute atomic E-state index is 0.648. The molecule has 8 heteroatoms. The van der Waals surface area contributed by atoms with E-state index in [-0.39, 0.29) is 0 Å². The normalized spacial score (nSPS) is 12.4. The molecule has 0 radical (unpaired) electrons. The standard InChI is InChI=1S/C96H54N8/c1-3-19-61(20-4-1)101-82-35-14-13-26-68(82)76-50-57(38-45-83(76)101)59-41-48-86-79(53-59)89-70-30-15-29-63(67(70)44-49-87(89)103(86)95-97-80-33-16-31-71-65-24-9-11-27-73(65)92(99-95)90(71)80)60-37-42-69-77-51-56(39-46-84(77)102(88(69)54-60)62-21-5-2-6-22-62)58-40-47-85-78(52-58)75-43-36-55-18-7-8-23-64(55)94(75)104(85)96-98-81-34-17-32-72-66-25-10-12-28-74(66)93(100-96)91(72)81/h1-54H.